The highest BCUT2D eigenvalue weighted by Crippen LogP contribution is 2.35. The van der Waals surface area contributed by atoms with E-state index in [-0.39, 0.29) is 23.8 Å². The molecule has 3 fully saturated rings. The molecule has 1 saturated carbocycles. The summed E-state index contributed by atoms with van der Waals surface area (Å²) >= 11 is 0. The Balaban J connectivity index is 1.39. The number of nitrogens with zero attached hydrogens (tertiary/aromatic N) is 3. The Hall–Kier alpha value is -1.91. The van der Waals surface area contributed by atoms with Gasteiger partial charge in [0.2, 0.25) is 11.8 Å². The molecule has 1 atom stereocenters. The number of likely N-dealkylation sites (tertiary alicyclic amines) is 2. The van der Waals surface area contributed by atoms with Gasteiger partial charge in [-0.2, -0.15) is 0 Å². The minimum Gasteiger partial charge on any atom is -0.340 e. The number of pyridine rings is 1. The summed E-state index contributed by atoms with van der Waals surface area (Å²) in [5.74, 6) is 0.987. The minimum absolute atomic E-state index is 0.156. The fourth-order valence-electron chi connectivity index (χ4n) is 3.73. The van der Waals surface area contributed by atoms with Crippen molar-refractivity contribution in [3.8, 4) is 0 Å². The SMILES string of the molecule is O=C([C@@H]1CCCCN1C(=O)C1CC1)N1CC(c2ccncc2)C1. The average molecular weight is 313 g/mol. The van der Waals surface area contributed by atoms with Gasteiger partial charge in [-0.3, -0.25) is 14.6 Å². The maximum Gasteiger partial charge on any atom is 0.245 e. The summed E-state index contributed by atoms with van der Waals surface area (Å²) in [6.45, 7) is 2.29. The van der Waals surface area contributed by atoms with E-state index in [0.29, 0.717) is 5.92 Å². The van der Waals surface area contributed by atoms with Crippen molar-refractivity contribution in [2.75, 3.05) is 19.6 Å². The molecule has 2 amide bonds. The van der Waals surface area contributed by atoms with Gasteiger partial charge in [0.05, 0.1) is 0 Å². The largest absolute Gasteiger partial charge is 0.340 e. The summed E-state index contributed by atoms with van der Waals surface area (Å²) in [6, 6.07) is 3.83. The fraction of sp³-hybridized carbons (Fsp3) is 0.611. The van der Waals surface area contributed by atoms with Gasteiger partial charge in [0.1, 0.15) is 6.04 Å². The van der Waals surface area contributed by atoms with Crippen LogP contribution in [0, 0.1) is 5.92 Å². The topological polar surface area (TPSA) is 53.5 Å². The Kier molecular flexibility index (Phi) is 3.79. The van der Waals surface area contributed by atoms with Crippen molar-refractivity contribution in [3.05, 3.63) is 30.1 Å². The standard InChI is InChI=1S/C18H23N3O2/c22-17(14-4-5-14)21-10-2-1-3-16(21)18(23)20-11-15(12-20)13-6-8-19-9-7-13/h6-9,14-16H,1-5,10-12H2/t16-/m0/s1. The van der Waals surface area contributed by atoms with Crippen molar-refractivity contribution in [2.24, 2.45) is 5.92 Å². The highest BCUT2D eigenvalue weighted by atomic mass is 16.2. The second-order valence-corrected chi connectivity index (χ2v) is 7.04. The zero-order valence-electron chi connectivity index (χ0n) is 13.4. The van der Waals surface area contributed by atoms with Crippen molar-refractivity contribution >= 4 is 11.8 Å². The monoisotopic (exact) mass is 313 g/mol. The van der Waals surface area contributed by atoms with Crippen LogP contribution in [0.5, 0.6) is 0 Å². The van der Waals surface area contributed by atoms with Crippen molar-refractivity contribution in [3.63, 3.8) is 0 Å². The molecule has 4 rings (SSSR count). The van der Waals surface area contributed by atoms with Crippen molar-refractivity contribution < 1.29 is 9.59 Å². The lowest BCUT2D eigenvalue weighted by Gasteiger charge is -2.44. The van der Waals surface area contributed by atoms with Crippen LogP contribution < -0.4 is 0 Å². The van der Waals surface area contributed by atoms with Crippen molar-refractivity contribution in [2.45, 2.75) is 44.1 Å². The van der Waals surface area contributed by atoms with E-state index in [1.807, 2.05) is 21.9 Å². The molecule has 3 aliphatic rings. The first-order valence-corrected chi connectivity index (χ1v) is 8.73. The van der Waals surface area contributed by atoms with E-state index < -0.39 is 0 Å². The Morgan fingerprint density at radius 2 is 1.74 bits per heavy atom. The first-order valence-electron chi connectivity index (χ1n) is 8.73. The van der Waals surface area contributed by atoms with Crippen LogP contribution in [0.15, 0.2) is 24.5 Å². The maximum absolute atomic E-state index is 12.8. The molecular weight excluding hydrogens is 290 g/mol. The summed E-state index contributed by atoms with van der Waals surface area (Å²) in [7, 11) is 0. The normalized spacial score (nSPS) is 25.1. The van der Waals surface area contributed by atoms with E-state index in [0.717, 1.165) is 51.7 Å². The molecule has 2 aliphatic heterocycles. The molecule has 0 spiro atoms. The first kappa shape index (κ1) is 14.7. The number of rotatable bonds is 3. The van der Waals surface area contributed by atoms with E-state index in [1.165, 1.54) is 5.56 Å². The second kappa shape index (κ2) is 5.95. The summed E-state index contributed by atoms with van der Waals surface area (Å²) < 4.78 is 0. The molecule has 0 radical (unpaired) electrons. The van der Waals surface area contributed by atoms with Crippen molar-refractivity contribution in [1.29, 1.82) is 0 Å². The van der Waals surface area contributed by atoms with Crippen LogP contribution >= 0.6 is 0 Å². The molecule has 5 nitrogen and oxygen atoms in total. The van der Waals surface area contributed by atoms with Crippen LogP contribution in [0.3, 0.4) is 0 Å². The lowest BCUT2D eigenvalue weighted by atomic mass is 9.90. The van der Waals surface area contributed by atoms with Gasteiger partial charge < -0.3 is 9.80 Å². The number of carbonyl (C=O) groups excluding carboxylic acids is 2. The fourth-order valence-corrected chi connectivity index (χ4v) is 3.73. The molecule has 1 aromatic heterocycles. The highest BCUT2D eigenvalue weighted by molar-refractivity contribution is 5.90. The summed E-state index contributed by atoms with van der Waals surface area (Å²) in [5, 5.41) is 0. The van der Waals surface area contributed by atoms with Crippen LogP contribution in [-0.2, 0) is 9.59 Å². The van der Waals surface area contributed by atoms with Crippen LogP contribution in [0.1, 0.15) is 43.6 Å². The number of carbonyl (C=O) groups is 2. The third-order valence-corrected chi connectivity index (χ3v) is 5.37. The van der Waals surface area contributed by atoms with E-state index in [9.17, 15) is 9.59 Å². The summed E-state index contributed by atoms with van der Waals surface area (Å²) in [4.78, 5) is 33.1. The van der Waals surface area contributed by atoms with Gasteiger partial charge >= 0.3 is 0 Å². The molecule has 0 N–H and O–H groups in total. The number of piperidine rings is 1. The molecule has 1 aromatic rings. The predicted octanol–water partition coefficient (Wildman–Crippen LogP) is 1.80. The zero-order chi connectivity index (χ0) is 15.8. The Morgan fingerprint density at radius 1 is 1.00 bits per heavy atom. The molecule has 2 saturated heterocycles. The summed E-state index contributed by atoms with van der Waals surface area (Å²) in [6.07, 6.45) is 8.52. The van der Waals surface area contributed by atoms with Crippen molar-refractivity contribution in [1.82, 2.24) is 14.8 Å². The molecule has 3 heterocycles. The Labute approximate surface area is 136 Å². The van der Waals surface area contributed by atoms with Crippen LogP contribution in [0.2, 0.25) is 0 Å². The van der Waals surface area contributed by atoms with Crippen LogP contribution in [0.25, 0.3) is 0 Å². The molecule has 5 heteroatoms. The van der Waals surface area contributed by atoms with Gasteiger partial charge in [0.25, 0.3) is 0 Å². The first-order chi connectivity index (χ1) is 11.2. The minimum atomic E-state index is -0.213. The smallest absolute Gasteiger partial charge is 0.245 e. The van der Waals surface area contributed by atoms with E-state index >= 15 is 0 Å². The lowest BCUT2D eigenvalue weighted by molar-refractivity contribution is -0.151. The lowest BCUT2D eigenvalue weighted by Crippen LogP contribution is -2.58. The highest BCUT2D eigenvalue weighted by Gasteiger charge is 2.43. The number of hydrogen-bond acceptors (Lipinski definition) is 3. The average Bonchev–Trinajstić information content (AvgIpc) is 3.38. The van der Waals surface area contributed by atoms with E-state index in [4.69, 9.17) is 0 Å². The van der Waals surface area contributed by atoms with Crippen LogP contribution in [0.4, 0.5) is 0 Å². The summed E-state index contributed by atoms with van der Waals surface area (Å²) in [5.41, 5.74) is 1.25. The maximum atomic E-state index is 12.8. The quantitative estimate of drug-likeness (QED) is 0.855. The second-order valence-electron chi connectivity index (χ2n) is 7.04. The predicted molar refractivity (Wildman–Crippen MR) is 85.6 cm³/mol. The molecule has 1 aliphatic carbocycles. The Bertz CT molecular complexity index is 594. The molecule has 0 aromatic carbocycles. The number of amides is 2. The number of aromatic nitrogens is 1. The molecule has 0 unspecified atom stereocenters. The molecule has 122 valence electrons. The molecule has 23 heavy (non-hydrogen) atoms. The molecular formula is C18H23N3O2. The Morgan fingerprint density at radius 3 is 2.43 bits per heavy atom. The molecule has 0 bridgehead atoms. The van der Waals surface area contributed by atoms with Crippen LogP contribution in [-0.4, -0.2) is 52.3 Å². The van der Waals surface area contributed by atoms with Gasteiger partial charge in [0, 0.05) is 43.9 Å². The third kappa shape index (κ3) is 2.84. The van der Waals surface area contributed by atoms with Gasteiger partial charge in [-0.15, -0.1) is 0 Å². The third-order valence-electron chi connectivity index (χ3n) is 5.37. The zero-order valence-corrected chi connectivity index (χ0v) is 13.4. The van der Waals surface area contributed by atoms with Gasteiger partial charge in [-0.25, -0.2) is 0 Å². The van der Waals surface area contributed by atoms with Gasteiger partial charge in [-0.1, -0.05) is 0 Å². The van der Waals surface area contributed by atoms with E-state index in [1.54, 1.807) is 12.4 Å². The van der Waals surface area contributed by atoms with Gasteiger partial charge in [0.15, 0.2) is 0 Å². The van der Waals surface area contributed by atoms with Gasteiger partial charge in [-0.05, 0) is 49.8 Å². The number of hydrogen-bond donors (Lipinski definition) is 0. The van der Waals surface area contributed by atoms with E-state index in [2.05, 4.69) is 4.98 Å².